The van der Waals surface area contributed by atoms with Crippen molar-refractivity contribution in [2.24, 2.45) is 5.16 Å². The molecule has 1 amide bonds. The van der Waals surface area contributed by atoms with E-state index in [1.165, 1.54) is 13.3 Å². The Morgan fingerprint density at radius 2 is 1.96 bits per heavy atom. The second kappa shape index (κ2) is 10.0. The summed E-state index contributed by atoms with van der Waals surface area (Å²) in [7, 11) is 1.52. The number of oxime groups is 1. The third kappa shape index (κ3) is 6.05. The molecule has 0 saturated heterocycles. The highest BCUT2D eigenvalue weighted by Gasteiger charge is 2.14. The van der Waals surface area contributed by atoms with Gasteiger partial charge >= 0.3 is 0 Å². The Balaban J connectivity index is 1.98. The lowest BCUT2D eigenvalue weighted by molar-refractivity contribution is -0.126. The van der Waals surface area contributed by atoms with Gasteiger partial charge in [-0.2, -0.15) is 0 Å². The summed E-state index contributed by atoms with van der Waals surface area (Å²) in [5, 5.41) is 7.54. The van der Waals surface area contributed by atoms with Crippen molar-refractivity contribution < 1.29 is 19.1 Å². The smallest absolute Gasteiger partial charge is 0.267 e. The fourth-order valence-corrected chi connectivity index (χ4v) is 2.51. The minimum Gasteiger partial charge on any atom is -0.493 e. The van der Waals surface area contributed by atoms with Crippen molar-refractivity contribution in [3.05, 3.63) is 52.0 Å². The molecule has 0 aromatic heterocycles. The monoisotopic (exact) mass is 410 g/mol. The number of nitrogens with zero attached hydrogens (tertiary/aromatic N) is 1. The van der Waals surface area contributed by atoms with Crippen molar-refractivity contribution >= 4 is 41.0 Å². The number of carbonyl (C=O) groups excluding carboxylic acids is 1. The standard InChI is InChI=1S/C19H20Cl2N2O4/c1-4-26-18-16(21)9-13(10-17(18)25-3)11-22-27-12(2)19(24)23-15-7-5-14(20)6-8-15/h5-12H,4H2,1-3H3,(H,23,24)/b22-11-/t12-/m0/s1. The van der Waals surface area contributed by atoms with Crippen molar-refractivity contribution in [2.45, 2.75) is 20.0 Å². The van der Waals surface area contributed by atoms with Gasteiger partial charge in [0.15, 0.2) is 11.5 Å². The third-order valence-electron chi connectivity index (χ3n) is 3.44. The molecular weight excluding hydrogens is 391 g/mol. The molecule has 0 radical (unpaired) electrons. The first-order chi connectivity index (χ1) is 12.9. The fourth-order valence-electron chi connectivity index (χ4n) is 2.11. The molecule has 0 heterocycles. The Morgan fingerprint density at radius 1 is 1.26 bits per heavy atom. The van der Waals surface area contributed by atoms with Crippen LogP contribution >= 0.6 is 23.2 Å². The van der Waals surface area contributed by atoms with E-state index in [2.05, 4.69) is 10.5 Å². The van der Waals surface area contributed by atoms with E-state index in [-0.39, 0.29) is 5.91 Å². The predicted molar refractivity (Wildman–Crippen MR) is 107 cm³/mol. The number of hydrogen-bond donors (Lipinski definition) is 1. The van der Waals surface area contributed by atoms with Crippen LogP contribution in [-0.2, 0) is 9.63 Å². The van der Waals surface area contributed by atoms with Gasteiger partial charge in [0.05, 0.1) is 25.0 Å². The average molecular weight is 411 g/mol. The molecule has 144 valence electrons. The van der Waals surface area contributed by atoms with E-state index < -0.39 is 6.10 Å². The molecule has 2 aromatic rings. The molecule has 0 saturated carbocycles. The number of anilines is 1. The van der Waals surface area contributed by atoms with Gasteiger partial charge < -0.3 is 19.6 Å². The molecule has 0 unspecified atom stereocenters. The number of rotatable bonds is 8. The van der Waals surface area contributed by atoms with Crippen LogP contribution in [0, 0.1) is 0 Å². The van der Waals surface area contributed by atoms with Crippen LogP contribution in [0.3, 0.4) is 0 Å². The van der Waals surface area contributed by atoms with Crippen molar-refractivity contribution in [3.8, 4) is 11.5 Å². The van der Waals surface area contributed by atoms with Gasteiger partial charge in [-0.1, -0.05) is 28.4 Å². The number of methoxy groups -OCH3 is 1. The summed E-state index contributed by atoms with van der Waals surface area (Å²) in [5.41, 5.74) is 1.26. The molecule has 0 fully saturated rings. The summed E-state index contributed by atoms with van der Waals surface area (Å²) >= 11 is 12.0. The Morgan fingerprint density at radius 3 is 2.59 bits per heavy atom. The predicted octanol–water partition coefficient (Wildman–Crippen LogP) is 4.78. The van der Waals surface area contributed by atoms with Crippen molar-refractivity contribution in [2.75, 3.05) is 19.0 Å². The molecule has 2 rings (SSSR count). The molecule has 1 atom stereocenters. The van der Waals surface area contributed by atoms with Gasteiger partial charge in [0.1, 0.15) is 0 Å². The number of hydrogen-bond acceptors (Lipinski definition) is 5. The van der Waals surface area contributed by atoms with Gasteiger partial charge in [-0.15, -0.1) is 0 Å². The molecule has 2 aromatic carbocycles. The van der Waals surface area contributed by atoms with E-state index in [9.17, 15) is 4.79 Å². The quantitative estimate of drug-likeness (QED) is 0.502. The average Bonchev–Trinajstić information content (AvgIpc) is 2.65. The summed E-state index contributed by atoms with van der Waals surface area (Å²) in [4.78, 5) is 17.3. The molecule has 27 heavy (non-hydrogen) atoms. The number of carbonyl (C=O) groups is 1. The normalized spacial score (nSPS) is 11.9. The highest BCUT2D eigenvalue weighted by atomic mass is 35.5. The van der Waals surface area contributed by atoms with Crippen LogP contribution in [-0.4, -0.2) is 31.9 Å². The van der Waals surface area contributed by atoms with Crippen LogP contribution in [0.5, 0.6) is 11.5 Å². The van der Waals surface area contributed by atoms with E-state index in [0.29, 0.717) is 39.4 Å². The second-order valence-corrected chi connectivity index (χ2v) is 6.29. The van der Waals surface area contributed by atoms with E-state index in [1.807, 2.05) is 6.92 Å². The van der Waals surface area contributed by atoms with Gasteiger partial charge in [0.2, 0.25) is 6.10 Å². The first kappa shape index (κ1) is 20.9. The van der Waals surface area contributed by atoms with Crippen LogP contribution in [0.4, 0.5) is 5.69 Å². The van der Waals surface area contributed by atoms with Crippen LogP contribution in [0.15, 0.2) is 41.6 Å². The van der Waals surface area contributed by atoms with Gasteiger partial charge in [-0.05, 0) is 50.2 Å². The minimum atomic E-state index is -0.794. The number of benzene rings is 2. The van der Waals surface area contributed by atoms with Gasteiger partial charge in [-0.3, -0.25) is 4.79 Å². The lowest BCUT2D eigenvalue weighted by atomic mass is 10.2. The van der Waals surface area contributed by atoms with E-state index in [4.69, 9.17) is 37.5 Å². The largest absolute Gasteiger partial charge is 0.493 e. The zero-order valence-corrected chi connectivity index (χ0v) is 16.7. The molecule has 0 spiro atoms. The minimum absolute atomic E-state index is 0.336. The molecule has 1 N–H and O–H groups in total. The molecule has 0 aliphatic rings. The summed E-state index contributed by atoms with van der Waals surface area (Å²) in [5.74, 6) is 0.617. The van der Waals surface area contributed by atoms with Crippen molar-refractivity contribution in [1.82, 2.24) is 0 Å². The lowest BCUT2D eigenvalue weighted by Gasteiger charge is -2.12. The fraction of sp³-hybridized carbons (Fsp3) is 0.263. The molecule has 0 bridgehead atoms. The summed E-state index contributed by atoms with van der Waals surface area (Å²) in [6.45, 7) is 3.91. The van der Waals surface area contributed by atoms with Crippen molar-refractivity contribution in [3.63, 3.8) is 0 Å². The molecule has 0 aliphatic heterocycles. The zero-order valence-electron chi connectivity index (χ0n) is 15.2. The van der Waals surface area contributed by atoms with E-state index >= 15 is 0 Å². The van der Waals surface area contributed by atoms with Crippen LogP contribution in [0.1, 0.15) is 19.4 Å². The number of halogens is 2. The maximum absolute atomic E-state index is 12.1. The maximum atomic E-state index is 12.1. The zero-order chi connectivity index (χ0) is 19.8. The summed E-state index contributed by atoms with van der Waals surface area (Å²) in [6.07, 6.45) is 0.646. The lowest BCUT2D eigenvalue weighted by Crippen LogP contribution is -2.26. The third-order valence-corrected chi connectivity index (χ3v) is 3.97. The Hall–Kier alpha value is -2.44. The van der Waals surface area contributed by atoms with Crippen LogP contribution < -0.4 is 14.8 Å². The summed E-state index contributed by atoms with van der Waals surface area (Å²) < 4.78 is 10.7. The Labute approximate surface area is 168 Å². The Bertz CT molecular complexity index is 810. The SMILES string of the molecule is CCOc1c(Cl)cc(/C=N\O[C@@H](C)C(=O)Nc2ccc(Cl)cc2)cc1OC. The molecular formula is C19H20Cl2N2O4. The maximum Gasteiger partial charge on any atom is 0.267 e. The van der Waals surface area contributed by atoms with Crippen LogP contribution in [0.25, 0.3) is 0 Å². The first-order valence-electron chi connectivity index (χ1n) is 8.20. The Kier molecular flexibility index (Phi) is 7.76. The number of ether oxygens (including phenoxy) is 2. The summed E-state index contributed by atoms with van der Waals surface area (Å²) in [6, 6.07) is 10.1. The molecule has 6 nitrogen and oxygen atoms in total. The van der Waals surface area contributed by atoms with E-state index in [0.717, 1.165) is 0 Å². The van der Waals surface area contributed by atoms with Gasteiger partial charge in [-0.25, -0.2) is 0 Å². The molecule has 0 aliphatic carbocycles. The highest BCUT2D eigenvalue weighted by molar-refractivity contribution is 6.32. The van der Waals surface area contributed by atoms with E-state index in [1.54, 1.807) is 43.3 Å². The number of nitrogens with one attached hydrogen (secondary N) is 1. The van der Waals surface area contributed by atoms with Crippen molar-refractivity contribution in [1.29, 1.82) is 0 Å². The molecule has 8 heteroatoms. The number of amides is 1. The van der Waals surface area contributed by atoms with Gasteiger partial charge in [0, 0.05) is 16.3 Å². The van der Waals surface area contributed by atoms with Gasteiger partial charge in [0.25, 0.3) is 5.91 Å². The second-order valence-electron chi connectivity index (χ2n) is 5.45. The van der Waals surface area contributed by atoms with Crippen LogP contribution in [0.2, 0.25) is 10.0 Å². The first-order valence-corrected chi connectivity index (χ1v) is 8.96. The topological polar surface area (TPSA) is 69.2 Å². The highest BCUT2D eigenvalue weighted by Crippen LogP contribution is 2.36.